The monoisotopic (exact) mass is 332 g/mol. The Morgan fingerprint density at radius 2 is 1.82 bits per heavy atom. The third-order valence-electron chi connectivity index (χ3n) is 3.34. The predicted octanol–water partition coefficient (Wildman–Crippen LogP) is 1.81. The third-order valence-corrected chi connectivity index (χ3v) is 3.57. The maximum absolute atomic E-state index is 12.3. The van der Waals surface area contributed by atoms with Crippen LogP contribution in [0.1, 0.15) is 10.4 Å². The van der Waals surface area contributed by atoms with E-state index < -0.39 is 6.61 Å². The van der Waals surface area contributed by atoms with E-state index >= 15 is 0 Å². The molecule has 0 saturated carbocycles. The maximum Gasteiger partial charge on any atom is 0.387 e. The van der Waals surface area contributed by atoms with Crippen molar-refractivity contribution in [3.8, 4) is 5.75 Å². The molecule has 1 aliphatic heterocycles. The molecular weight excluding hydrogens is 318 g/mol. The van der Waals surface area contributed by atoms with Crippen LogP contribution >= 0.6 is 11.6 Å². The molecule has 2 amide bonds. The van der Waals surface area contributed by atoms with Gasteiger partial charge in [-0.15, -0.1) is 11.6 Å². The maximum atomic E-state index is 12.3. The summed E-state index contributed by atoms with van der Waals surface area (Å²) in [7, 11) is 0. The molecule has 5 nitrogen and oxygen atoms in total. The molecule has 1 heterocycles. The minimum atomic E-state index is -2.93. The minimum absolute atomic E-state index is 0.0585. The molecule has 0 aliphatic carbocycles. The Labute approximate surface area is 131 Å². The van der Waals surface area contributed by atoms with Gasteiger partial charge in [0, 0.05) is 31.7 Å². The van der Waals surface area contributed by atoms with Gasteiger partial charge in [0.05, 0.1) is 0 Å². The van der Waals surface area contributed by atoms with Gasteiger partial charge in [0.2, 0.25) is 5.91 Å². The zero-order valence-electron chi connectivity index (χ0n) is 11.7. The topological polar surface area (TPSA) is 49.9 Å². The number of benzene rings is 1. The fourth-order valence-electron chi connectivity index (χ4n) is 2.23. The second-order valence-electron chi connectivity index (χ2n) is 4.71. The molecule has 1 aromatic carbocycles. The van der Waals surface area contributed by atoms with E-state index in [4.69, 9.17) is 11.6 Å². The van der Waals surface area contributed by atoms with Crippen LogP contribution in [0.4, 0.5) is 8.78 Å². The lowest BCUT2D eigenvalue weighted by Crippen LogP contribution is -2.50. The Bertz CT molecular complexity index is 549. The average Bonchev–Trinajstić information content (AvgIpc) is 2.53. The molecule has 1 saturated heterocycles. The van der Waals surface area contributed by atoms with E-state index in [9.17, 15) is 18.4 Å². The van der Waals surface area contributed by atoms with E-state index in [-0.39, 0.29) is 29.0 Å². The number of hydrogen-bond acceptors (Lipinski definition) is 3. The SMILES string of the molecule is O=C(CCl)N1CCN(C(=O)c2cccc(OC(F)F)c2)CC1. The van der Waals surface area contributed by atoms with E-state index in [1.165, 1.54) is 24.3 Å². The summed E-state index contributed by atoms with van der Waals surface area (Å²) in [6, 6.07) is 5.67. The molecular formula is C14H15ClF2N2O3. The van der Waals surface area contributed by atoms with E-state index in [1.54, 1.807) is 9.80 Å². The van der Waals surface area contributed by atoms with Crippen molar-refractivity contribution in [2.24, 2.45) is 0 Å². The molecule has 0 atom stereocenters. The summed E-state index contributed by atoms with van der Waals surface area (Å²) in [5.41, 5.74) is 0.273. The predicted molar refractivity (Wildman–Crippen MR) is 76.3 cm³/mol. The first-order valence-electron chi connectivity index (χ1n) is 6.69. The highest BCUT2D eigenvalue weighted by Crippen LogP contribution is 2.18. The summed E-state index contributed by atoms with van der Waals surface area (Å²) in [5, 5.41) is 0. The molecule has 22 heavy (non-hydrogen) atoms. The van der Waals surface area contributed by atoms with Crippen LogP contribution in [0.25, 0.3) is 0 Å². The van der Waals surface area contributed by atoms with Crippen LogP contribution in [0.5, 0.6) is 5.75 Å². The van der Waals surface area contributed by atoms with Crippen molar-refractivity contribution in [1.82, 2.24) is 9.80 Å². The Morgan fingerprint density at radius 3 is 2.41 bits per heavy atom. The van der Waals surface area contributed by atoms with E-state index in [0.29, 0.717) is 26.2 Å². The van der Waals surface area contributed by atoms with Crippen LogP contribution in [0.15, 0.2) is 24.3 Å². The summed E-state index contributed by atoms with van der Waals surface area (Å²) in [6.07, 6.45) is 0. The Hall–Kier alpha value is -1.89. The fourth-order valence-corrected chi connectivity index (χ4v) is 2.40. The number of halogens is 3. The Morgan fingerprint density at radius 1 is 1.18 bits per heavy atom. The molecule has 1 aliphatic rings. The van der Waals surface area contributed by atoms with Crippen LogP contribution < -0.4 is 4.74 Å². The van der Waals surface area contributed by atoms with Crippen molar-refractivity contribution < 1.29 is 23.1 Å². The van der Waals surface area contributed by atoms with Crippen LogP contribution in [0, 0.1) is 0 Å². The van der Waals surface area contributed by atoms with Crippen molar-refractivity contribution in [2.45, 2.75) is 6.61 Å². The molecule has 0 unspecified atom stereocenters. The highest BCUT2D eigenvalue weighted by molar-refractivity contribution is 6.27. The Balaban J connectivity index is 1.99. The van der Waals surface area contributed by atoms with E-state index in [1.807, 2.05) is 0 Å². The van der Waals surface area contributed by atoms with Gasteiger partial charge in [-0.05, 0) is 18.2 Å². The highest BCUT2D eigenvalue weighted by atomic mass is 35.5. The van der Waals surface area contributed by atoms with Crippen molar-refractivity contribution in [2.75, 3.05) is 32.1 Å². The van der Waals surface area contributed by atoms with Gasteiger partial charge in [-0.3, -0.25) is 9.59 Å². The lowest BCUT2D eigenvalue weighted by Gasteiger charge is -2.34. The first-order valence-corrected chi connectivity index (χ1v) is 7.22. The molecule has 0 N–H and O–H groups in total. The second kappa shape index (κ2) is 7.40. The molecule has 0 bridgehead atoms. The molecule has 0 spiro atoms. The zero-order valence-corrected chi connectivity index (χ0v) is 12.4. The lowest BCUT2D eigenvalue weighted by atomic mass is 10.1. The van der Waals surface area contributed by atoms with Crippen LogP contribution in [-0.2, 0) is 4.79 Å². The molecule has 8 heteroatoms. The normalized spacial score (nSPS) is 15.1. The first kappa shape index (κ1) is 16.5. The van der Waals surface area contributed by atoms with Crippen LogP contribution in [0.3, 0.4) is 0 Å². The van der Waals surface area contributed by atoms with Crippen LogP contribution in [-0.4, -0.2) is 60.3 Å². The van der Waals surface area contributed by atoms with Gasteiger partial charge in [-0.25, -0.2) is 0 Å². The largest absolute Gasteiger partial charge is 0.435 e. The quantitative estimate of drug-likeness (QED) is 0.790. The number of hydrogen-bond donors (Lipinski definition) is 0. The van der Waals surface area contributed by atoms with Gasteiger partial charge < -0.3 is 14.5 Å². The van der Waals surface area contributed by atoms with Gasteiger partial charge in [0.25, 0.3) is 5.91 Å². The van der Waals surface area contributed by atoms with Crippen molar-refractivity contribution in [3.63, 3.8) is 0 Å². The fraction of sp³-hybridized carbons (Fsp3) is 0.429. The minimum Gasteiger partial charge on any atom is -0.435 e. The number of rotatable bonds is 4. The van der Waals surface area contributed by atoms with Crippen LogP contribution in [0.2, 0.25) is 0 Å². The number of carbonyl (C=O) groups is 2. The van der Waals surface area contributed by atoms with Gasteiger partial charge in [0.15, 0.2) is 0 Å². The van der Waals surface area contributed by atoms with Crippen molar-refractivity contribution in [3.05, 3.63) is 29.8 Å². The summed E-state index contributed by atoms with van der Waals surface area (Å²) in [6.45, 7) is -1.37. The van der Waals surface area contributed by atoms with Crippen molar-refractivity contribution in [1.29, 1.82) is 0 Å². The molecule has 1 aromatic rings. The summed E-state index contributed by atoms with van der Waals surface area (Å²) >= 11 is 5.49. The molecule has 0 radical (unpaired) electrons. The number of ether oxygens (including phenoxy) is 1. The number of amides is 2. The standard InChI is InChI=1S/C14H15ClF2N2O3/c15-9-12(20)18-4-6-19(7-5-18)13(21)10-2-1-3-11(8-10)22-14(16)17/h1-3,8,14H,4-7,9H2. The summed E-state index contributed by atoms with van der Waals surface area (Å²) in [4.78, 5) is 27.0. The van der Waals surface area contributed by atoms with Gasteiger partial charge in [-0.2, -0.15) is 8.78 Å². The summed E-state index contributed by atoms with van der Waals surface area (Å²) < 4.78 is 28.7. The zero-order chi connectivity index (χ0) is 16.1. The van der Waals surface area contributed by atoms with Gasteiger partial charge in [-0.1, -0.05) is 6.07 Å². The smallest absolute Gasteiger partial charge is 0.387 e. The van der Waals surface area contributed by atoms with Gasteiger partial charge in [0.1, 0.15) is 11.6 Å². The van der Waals surface area contributed by atoms with Crippen molar-refractivity contribution >= 4 is 23.4 Å². The molecule has 2 rings (SSSR count). The van der Waals surface area contributed by atoms with E-state index in [2.05, 4.69) is 4.74 Å². The van der Waals surface area contributed by atoms with Gasteiger partial charge >= 0.3 is 6.61 Å². The lowest BCUT2D eigenvalue weighted by molar-refractivity contribution is -0.129. The second-order valence-corrected chi connectivity index (χ2v) is 4.98. The molecule has 1 fully saturated rings. The highest BCUT2D eigenvalue weighted by Gasteiger charge is 2.24. The number of alkyl halides is 3. The number of piperazine rings is 1. The number of nitrogens with zero attached hydrogens (tertiary/aromatic N) is 2. The Kier molecular flexibility index (Phi) is 5.54. The number of carbonyl (C=O) groups excluding carboxylic acids is 2. The molecule has 0 aromatic heterocycles. The third kappa shape index (κ3) is 4.07. The van der Waals surface area contributed by atoms with E-state index in [0.717, 1.165) is 0 Å². The summed E-state index contributed by atoms with van der Waals surface area (Å²) in [5.74, 6) is -0.586. The average molecular weight is 333 g/mol. The first-order chi connectivity index (χ1) is 10.5. The molecule has 120 valence electrons.